The highest BCUT2D eigenvalue weighted by atomic mass is 16.6. The predicted molar refractivity (Wildman–Crippen MR) is 172 cm³/mol. The number of amides is 1. The summed E-state index contributed by atoms with van der Waals surface area (Å²) in [6, 6.07) is 3.96. The summed E-state index contributed by atoms with van der Waals surface area (Å²) in [4.78, 5) is 42.3. The van der Waals surface area contributed by atoms with Crippen molar-refractivity contribution in [2.24, 2.45) is 17.8 Å². The van der Waals surface area contributed by atoms with Gasteiger partial charge in [-0.05, 0) is 113 Å². The lowest BCUT2D eigenvalue weighted by molar-refractivity contribution is -0.144. The Bertz CT molecular complexity index is 1060. The minimum atomic E-state index is -0.874. The Morgan fingerprint density at radius 1 is 1.00 bits per heavy atom. The largest absolute Gasteiger partial charge is 0.465 e. The molecule has 0 radical (unpaired) electrons. The predicted octanol–water partition coefficient (Wildman–Crippen LogP) is 6.26. The zero-order valence-corrected chi connectivity index (χ0v) is 27.2. The van der Waals surface area contributed by atoms with Crippen LogP contribution in [0.15, 0.2) is 24.3 Å². The molecular formula is C35H55N3O5. The summed E-state index contributed by atoms with van der Waals surface area (Å²) in [5.74, 6) is 1.49. The molecule has 2 aliphatic heterocycles. The monoisotopic (exact) mass is 597 g/mol. The molecule has 3 rings (SSSR count). The summed E-state index contributed by atoms with van der Waals surface area (Å²) in [6.45, 7) is 14.2. The van der Waals surface area contributed by atoms with Crippen LogP contribution in [0.3, 0.4) is 0 Å². The molecule has 0 bridgehead atoms. The van der Waals surface area contributed by atoms with E-state index in [-0.39, 0.29) is 11.8 Å². The SMILES string of the molecule is CCCC(CC/C=C/C(=O)[C@@H](Cc1cc(C)c(N)c(C)c1)OC(=O)N1CCC(C)CC1)C1CCN(CC(=O)OCC)CC1. The van der Waals surface area contributed by atoms with Gasteiger partial charge in [-0.1, -0.05) is 44.9 Å². The highest BCUT2D eigenvalue weighted by Crippen LogP contribution is 2.32. The summed E-state index contributed by atoms with van der Waals surface area (Å²) in [7, 11) is 0. The highest BCUT2D eigenvalue weighted by molar-refractivity contribution is 5.95. The number of aryl methyl sites for hydroxylation is 2. The molecule has 0 saturated carbocycles. The first kappa shape index (κ1) is 34.6. The fourth-order valence-electron chi connectivity index (χ4n) is 6.56. The number of benzene rings is 1. The number of nitrogens with two attached hydrogens (primary N) is 1. The Morgan fingerprint density at radius 2 is 1.65 bits per heavy atom. The second kappa shape index (κ2) is 17.4. The molecule has 8 nitrogen and oxygen atoms in total. The lowest BCUT2D eigenvalue weighted by atomic mass is 9.79. The standard InChI is InChI=1S/C35H55N3O5/c1-6-10-29(30-15-17-37(18-16-30)24-33(40)42-7-2)11-8-9-12-31(39)32(23-28-21-26(4)34(36)27(5)22-28)43-35(41)38-19-13-25(3)14-20-38/h9,12,21-22,25,29-30,32H,6-8,10-11,13-20,23-24,36H2,1-5H3/b12-9+/t29?,32-/m1/s1. The number of hydrogen-bond acceptors (Lipinski definition) is 7. The van der Waals surface area contributed by atoms with Crippen LogP contribution in [0.1, 0.15) is 88.8 Å². The Hall–Kier alpha value is -2.87. The molecule has 0 spiro atoms. The van der Waals surface area contributed by atoms with Crippen molar-refractivity contribution in [1.29, 1.82) is 0 Å². The van der Waals surface area contributed by atoms with Gasteiger partial charge < -0.3 is 20.1 Å². The Morgan fingerprint density at radius 3 is 2.26 bits per heavy atom. The number of carbonyl (C=O) groups excluding carboxylic acids is 3. The minimum Gasteiger partial charge on any atom is -0.465 e. The topological polar surface area (TPSA) is 102 Å². The van der Waals surface area contributed by atoms with Gasteiger partial charge in [-0.3, -0.25) is 14.5 Å². The summed E-state index contributed by atoms with van der Waals surface area (Å²) < 4.78 is 11.0. The number of rotatable bonds is 14. The van der Waals surface area contributed by atoms with E-state index in [1.165, 1.54) is 0 Å². The van der Waals surface area contributed by atoms with Crippen molar-refractivity contribution in [3.05, 3.63) is 41.0 Å². The van der Waals surface area contributed by atoms with E-state index in [2.05, 4.69) is 18.7 Å². The maximum atomic E-state index is 13.4. The first-order valence-electron chi connectivity index (χ1n) is 16.5. The van der Waals surface area contributed by atoms with Crippen molar-refractivity contribution in [2.75, 3.05) is 45.1 Å². The molecule has 1 aromatic carbocycles. The zero-order valence-electron chi connectivity index (χ0n) is 27.2. The van der Waals surface area contributed by atoms with Gasteiger partial charge in [0.2, 0.25) is 0 Å². The molecule has 2 atom stereocenters. The fourth-order valence-corrected chi connectivity index (χ4v) is 6.56. The molecule has 1 unspecified atom stereocenters. The van der Waals surface area contributed by atoms with Crippen LogP contribution in [0.2, 0.25) is 0 Å². The number of piperidine rings is 2. The van der Waals surface area contributed by atoms with Gasteiger partial charge in [0, 0.05) is 25.2 Å². The molecule has 1 amide bonds. The molecule has 43 heavy (non-hydrogen) atoms. The molecule has 1 aromatic rings. The number of anilines is 1. The van der Waals surface area contributed by atoms with E-state index in [4.69, 9.17) is 15.2 Å². The van der Waals surface area contributed by atoms with Gasteiger partial charge in [-0.15, -0.1) is 0 Å². The van der Waals surface area contributed by atoms with Gasteiger partial charge in [-0.2, -0.15) is 0 Å². The molecule has 8 heteroatoms. The molecule has 2 aliphatic rings. The van der Waals surface area contributed by atoms with Crippen LogP contribution in [0.5, 0.6) is 0 Å². The Labute approximate surface area is 259 Å². The van der Waals surface area contributed by atoms with E-state index in [9.17, 15) is 14.4 Å². The molecule has 0 aliphatic carbocycles. The smallest absolute Gasteiger partial charge is 0.410 e. The first-order valence-corrected chi connectivity index (χ1v) is 16.5. The van der Waals surface area contributed by atoms with E-state index in [1.807, 2.05) is 39.0 Å². The van der Waals surface area contributed by atoms with Gasteiger partial charge >= 0.3 is 12.1 Å². The normalized spacial score (nSPS) is 18.5. The number of esters is 1. The molecule has 240 valence electrons. The lowest BCUT2D eigenvalue weighted by Crippen LogP contribution is -2.41. The quantitative estimate of drug-likeness (QED) is 0.153. The molecule has 2 N–H and O–H groups in total. The highest BCUT2D eigenvalue weighted by Gasteiger charge is 2.29. The number of likely N-dealkylation sites (tertiary alicyclic amines) is 2. The van der Waals surface area contributed by atoms with Crippen molar-refractivity contribution in [3.8, 4) is 0 Å². The average molecular weight is 598 g/mol. The Balaban J connectivity index is 1.59. The maximum absolute atomic E-state index is 13.4. The van der Waals surface area contributed by atoms with Crippen LogP contribution in [0.4, 0.5) is 10.5 Å². The second-order valence-electron chi connectivity index (χ2n) is 12.7. The summed E-state index contributed by atoms with van der Waals surface area (Å²) in [5, 5.41) is 0. The molecular weight excluding hydrogens is 542 g/mol. The van der Waals surface area contributed by atoms with E-state index in [1.54, 1.807) is 11.0 Å². The van der Waals surface area contributed by atoms with E-state index in [0.717, 1.165) is 86.8 Å². The number of ether oxygens (including phenoxy) is 2. The van der Waals surface area contributed by atoms with Crippen LogP contribution >= 0.6 is 0 Å². The third-order valence-electron chi connectivity index (χ3n) is 9.28. The lowest BCUT2D eigenvalue weighted by Gasteiger charge is -2.35. The number of carbonyl (C=O) groups is 3. The number of nitrogen functional groups attached to an aromatic ring is 1. The van der Waals surface area contributed by atoms with Crippen LogP contribution in [-0.4, -0.2) is 73.1 Å². The van der Waals surface area contributed by atoms with Crippen molar-refractivity contribution in [2.45, 2.75) is 98.5 Å². The van der Waals surface area contributed by atoms with Gasteiger partial charge in [0.25, 0.3) is 0 Å². The van der Waals surface area contributed by atoms with Gasteiger partial charge in [0.15, 0.2) is 11.9 Å². The van der Waals surface area contributed by atoms with Crippen LogP contribution < -0.4 is 5.73 Å². The zero-order chi connectivity index (χ0) is 31.4. The van der Waals surface area contributed by atoms with Crippen LogP contribution in [0, 0.1) is 31.6 Å². The van der Waals surface area contributed by atoms with E-state index in [0.29, 0.717) is 50.4 Å². The third-order valence-corrected chi connectivity index (χ3v) is 9.28. The van der Waals surface area contributed by atoms with Crippen LogP contribution in [0.25, 0.3) is 0 Å². The molecule has 2 fully saturated rings. The van der Waals surface area contributed by atoms with Crippen molar-refractivity contribution in [3.63, 3.8) is 0 Å². The third kappa shape index (κ3) is 11.0. The summed E-state index contributed by atoms with van der Waals surface area (Å²) in [5.41, 5.74) is 9.76. The maximum Gasteiger partial charge on any atom is 0.410 e. The van der Waals surface area contributed by atoms with Crippen LogP contribution in [-0.2, 0) is 25.5 Å². The molecule has 2 heterocycles. The van der Waals surface area contributed by atoms with Gasteiger partial charge in [0.05, 0.1) is 13.2 Å². The van der Waals surface area contributed by atoms with Crippen molar-refractivity contribution >= 4 is 23.5 Å². The first-order chi connectivity index (χ1) is 20.6. The number of allylic oxidation sites excluding steroid dienone is 1. The fraction of sp³-hybridized carbons (Fsp3) is 0.686. The summed E-state index contributed by atoms with van der Waals surface area (Å²) >= 11 is 0. The Kier molecular flexibility index (Phi) is 14.0. The average Bonchev–Trinajstić information content (AvgIpc) is 2.98. The molecule has 2 saturated heterocycles. The molecule has 0 aromatic heterocycles. The minimum absolute atomic E-state index is 0.142. The van der Waals surface area contributed by atoms with E-state index < -0.39 is 12.2 Å². The number of nitrogens with zero attached hydrogens (tertiary/aromatic N) is 2. The van der Waals surface area contributed by atoms with Crippen molar-refractivity contribution in [1.82, 2.24) is 9.80 Å². The van der Waals surface area contributed by atoms with Gasteiger partial charge in [0.1, 0.15) is 0 Å². The van der Waals surface area contributed by atoms with Gasteiger partial charge in [-0.25, -0.2) is 4.79 Å². The number of ketones is 1. The summed E-state index contributed by atoms with van der Waals surface area (Å²) in [6.07, 6.45) is 10.8. The van der Waals surface area contributed by atoms with E-state index >= 15 is 0 Å². The second-order valence-corrected chi connectivity index (χ2v) is 12.7. The van der Waals surface area contributed by atoms with Crippen molar-refractivity contribution < 1.29 is 23.9 Å². The number of hydrogen-bond donors (Lipinski definition) is 1.